The fraction of sp³-hybridized carbons (Fsp3) is 0.667. The van der Waals surface area contributed by atoms with Gasteiger partial charge in [-0.05, 0) is 26.7 Å². The number of carbonyl (C=O) groups is 6. The Hall–Kier alpha value is -2.78. The van der Waals surface area contributed by atoms with Gasteiger partial charge in [0.1, 0.15) is 0 Å². The molecule has 2 unspecified atom stereocenters. The van der Waals surface area contributed by atoms with Crippen LogP contribution in [0.5, 0.6) is 0 Å². The van der Waals surface area contributed by atoms with Crippen molar-refractivity contribution in [3.05, 3.63) is 0 Å². The van der Waals surface area contributed by atoms with Gasteiger partial charge in [-0.3, -0.25) is 19.2 Å². The molecule has 10 heteroatoms. The van der Waals surface area contributed by atoms with Crippen LogP contribution < -0.4 is 0 Å². The standard InChI is InChI=1S/C18H26O10/c1-5-7-13(19)27-17(23)11(3)25-15(21)9-10-16(22)26-12(4)18(24)28-14(20)8-6-2/h11-12H,5-10H2,1-4H3. The summed E-state index contributed by atoms with van der Waals surface area (Å²) in [7, 11) is 0. The van der Waals surface area contributed by atoms with E-state index in [0.717, 1.165) is 0 Å². The fourth-order valence-electron chi connectivity index (χ4n) is 1.71. The summed E-state index contributed by atoms with van der Waals surface area (Å²) < 4.78 is 18.5. The van der Waals surface area contributed by atoms with Gasteiger partial charge in [0.2, 0.25) is 0 Å². The third-order valence-electron chi connectivity index (χ3n) is 3.15. The van der Waals surface area contributed by atoms with Crippen molar-refractivity contribution in [1.29, 1.82) is 0 Å². The van der Waals surface area contributed by atoms with Crippen LogP contribution in [0, 0.1) is 0 Å². The molecule has 0 aromatic carbocycles. The first-order valence-electron chi connectivity index (χ1n) is 8.98. The van der Waals surface area contributed by atoms with E-state index in [-0.39, 0.29) is 12.8 Å². The van der Waals surface area contributed by atoms with Gasteiger partial charge in [0.25, 0.3) is 0 Å². The maximum absolute atomic E-state index is 11.7. The van der Waals surface area contributed by atoms with E-state index in [1.54, 1.807) is 13.8 Å². The van der Waals surface area contributed by atoms with Crippen molar-refractivity contribution in [3.63, 3.8) is 0 Å². The topological polar surface area (TPSA) is 139 Å². The number of ether oxygens (including phenoxy) is 4. The van der Waals surface area contributed by atoms with Crippen molar-refractivity contribution in [1.82, 2.24) is 0 Å². The predicted octanol–water partition coefficient (Wildman–Crippen LogP) is 1.37. The minimum absolute atomic E-state index is 0.0584. The third kappa shape index (κ3) is 11.0. The molecule has 0 aliphatic carbocycles. The van der Waals surface area contributed by atoms with E-state index in [1.165, 1.54) is 13.8 Å². The van der Waals surface area contributed by atoms with Gasteiger partial charge in [0.05, 0.1) is 12.8 Å². The molecule has 0 aromatic heterocycles. The fourth-order valence-corrected chi connectivity index (χ4v) is 1.71. The molecule has 0 amide bonds. The molecule has 0 fully saturated rings. The molecule has 0 spiro atoms. The highest BCUT2D eigenvalue weighted by Gasteiger charge is 2.24. The Labute approximate surface area is 162 Å². The number of rotatable bonds is 11. The Bertz CT molecular complexity index is 543. The Kier molecular flexibility index (Phi) is 12.1. The summed E-state index contributed by atoms with van der Waals surface area (Å²) in [5, 5.41) is 0. The lowest BCUT2D eigenvalue weighted by molar-refractivity contribution is -0.175. The summed E-state index contributed by atoms with van der Waals surface area (Å²) in [5.41, 5.74) is 0. The lowest BCUT2D eigenvalue weighted by atomic mass is 10.3. The van der Waals surface area contributed by atoms with Crippen molar-refractivity contribution in [3.8, 4) is 0 Å². The van der Waals surface area contributed by atoms with Crippen LogP contribution in [0.3, 0.4) is 0 Å². The highest BCUT2D eigenvalue weighted by molar-refractivity contribution is 5.90. The van der Waals surface area contributed by atoms with Crippen LogP contribution in [-0.2, 0) is 47.7 Å². The number of carbonyl (C=O) groups excluding carboxylic acids is 6. The van der Waals surface area contributed by atoms with Gasteiger partial charge >= 0.3 is 35.8 Å². The van der Waals surface area contributed by atoms with Crippen LogP contribution >= 0.6 is 0 Å². The molecule has 0 radical (unpaired) electrons. The van der Waals surface area contributed by atoms with Gasteiger partial charge < -0.3 is 18.9 Å². The highest BCUT2D eigenvalue weighted by Crippen LogP contribution is 2.05. The first-order chi connectivity index (χ1) is 13.1. The van der Waals surface area contributed by atoms with Crippen molar-refractivity contribution in [2.24, 2.45) is 0 Å². The van der Waals surface area contributed by atoms with E-state index in [0.29, 0.717) is 12.8 Å². The average molecular weight is 402 g/mol. The number of hydrogen-bond acceptors (Lipinski definition) is 10. The summed E-state index contributed by atoms with van der Waals surface area (Å²) in [6.07, 6.45) is -2.36. The second-order valence-electron chi connectivity index (χ2n) is 5.85. The normalized spacial score (nSPS) is 12.3. The third-order valence-corrected chi connectivity index (χ3v) is 3.15. The highest BCUT2D eigenvalue weighted by atomic mass is 16.6. The lowest BCUT2D eigenvalue weighted by Gasteiger charge is -2.13. The monoisotopic (exact) mass is 402 g/mol. The molecule has 0 rings (SSSR count). The van der Waals surface area contributed by atoms with Gasteiger partial charge in [-0.2, -0.15) is 0 Å². The van der Waals surface area contributed by atoms with Gasteiger partial charge in [-0.1, -0.05) is 13.8 Å². The number of hydrogen-bond donors (Lipinski definition) is 0. The van der Waals surface area contributed by atoms with Crippen LogP contribution in [0.15, 0.2) is 0 Å². The smallest absolute Gasteiger partial charge is 0.354 e. The van der Waals surface area contributed by atoms with Gasteiger partial charge in [0, 0.05) is 12.8 Å². The summed E-state index contributed by atoms with van der Waals surface area (Å²) in [6.45, 7) is 5.92. The molecule has 0 heterocycles. The SMILES string of the molecule is CCCC(=O)OC(=O)C(C)OC(=O)CCC(=O)OC(C)C(=O)OC(=O)CCC. The molecule has 2 atom stereocenters. The molecule has 0 bridgehead atoms. The molecule has 0 aliphatic rings. The van der Waals surface area contributed by atoms with Crippen molar-refractivity contribution >= 4 is 35.8 Å². The lowest BCUT2D eigenvalue weighted by Crippen LogP contribution is -2.29. The zero-order valence-electron chi connectivity index (χ0n) is 16.5. The number of esters is 6. The first kappa shape index (κ1) is 25.2. The molecule has 0 saturated heterocycles. The van der Waals surface area contributed by atoms with E-state index < -0.39 is 60.9 Å². The van der Waals surface area contributed by atoms with Crippen molar-refractivity contribution in [2.75, 3.05) is 0 Å². The van der Waals surface area contributed by atoms with Crippen LogP contribution in [0.25, 0.3) is 0 Å². The Balaban J connectivity index is 4.24. The zero-order valence-corrected chi connectivity index (χ0v) is 16.5. The minimum atomic E-state index is -1.32. The summed E-state index contributed by atoms with van der Waals surface area (Å²) in [4.78, 5) is 68.9. The quantitative estimate of drug-likeness (QED) is 0.283. The maximum Gasteiger partial charge on any atom is 0.354 e. The molecule has 0 N–H and O–H groups in total. The van der Waals surface area contributed by atoms with E-state index in [9.17, 15) is 28.8 Å². The van der Waals surface area contributed by atoms with Crippen LogP contribution in [0.1, 0.15) is 66.2 Å². The molecular formula is C18H26O10. The Morgan fingerprint density at radius 3 is 1.18 bits per heavy atom. The minimum Gasteiger partial charge on any atom is -0.451 e. The summed E-state index contributed by atoms with van der Waals surface area (Å²) >= 11 is 0. The molecule has 0 aromatic rings. The largest absolute Gasteiger partial charge is 0.451 e. The summed E-state index contributed by atoms with van der Waals surface area (Å²) in [6, 6.07) is 0. The van der Waals surface area contributed by atoms with Gasteiger partial charge in [-0.15, -0.1) is 0 Å². The second-order valence-corrected chi connectivity index (χ2v) is 5.85. The Morgan fingerprint density at radius 1 is 0.571 bits per heavy atom. The molecule has 28 heavy (non-hydrogen) atoms. The molecule has 158 valence electrons. The van der Waals surface area contributed by atoms with E-state index in [1.807, 2.05) is 0 Å². The molecular weight excluding hydrogens is 376 g/mol. The first-order valence-corrected chi connectivity index (χ1v) is 8.98. The van der Waals surface area contributed by atoms with E-state index in [2.05, 4.69) is 9.47 Å². The zero-order chi connectivity index (χ0) is 21.7. The Morgan fingerprint density at radius 2 is 0.893 bits per heavy atom. The van der Waals surface area contributed by atoms with Gasteiger partial charge in [-0.25, -0.2) is 9.59 Å². The maximum atomic E-state index is 11.7. The predicted molar refractivity (Wildman–Crippen MR) is 92.4 cm³/mol. The van der Waals surface area contributed by atoms with Crippen LogP contribution in [0.4, 0.5) is 0 Å². The molecule has 10 nitrogen and oxygen atoms in total. The van der Waals surface area contributed by atoms with Gasteiger partial charge in [0.15, 0.2) is 12.2 Å². The molecule has 0 saturated carbocycles. The molecule has 0 aliphatic heterocycles. The average Bonchev–Trinajstić information content (AvgIpc) is 2.60. The van der Waals surface area contributed by atoms with Crippen molar-refractivity contribution < 1.29 is 47.7 Å². The summed E-state index contributed by atoms with van der Waals surface area (Å²) in [5.74, 6) is -5.25. The van der Waals surface area contributed by atoms with Crippen LogP contribution in [0.2, 0.25) is 0 Å². The second kappa shape index (κ2) is 13.4. The van der Waals surface area contributed by atoms with Crippen LogP contribution in [-0.4, -0.2) is 48.0 Å². The van der Waals surface area contributed by atoms with Crippen molar-refractivity contribution in [2.45, 2.75) is 78.4 Å². The van der Waals surface area contributed by atoms with E-state index in [4.69, 9.17) is 9.47 Å². The van der Waals surface area contributed by atoms with E-state index >= 15 is 0 Å².